The highest BCUT2D eigenvalue weighted by Gasteiger charge is 2.51. The second kappa shape index (κ2) is 40.0. The normalized spacial score (nSPS) is 19.5. The molecule has 3 saturated heterocycles. The first-order valence-electron chi connectivity index (χ1n) is 46.7. The molecule has 0 radical (unpaired) electrons. The fourth-order valence-corrected chi connectivity index (χ4v) is 23.8. The highest BCUT2D eigenvalue weighted by molar-refractivity contribution is 7.86. The van der Waals surface area contributed by atoms with Crippen LogP contribution < -0.4 is 45.8 Å². The van der Waals surface area contributed by atoms with Crippen LogP contribution in [-0.4, -0.2) is 232 Å². The number of carbonyl (C=O) groups is 4. The Balaban J connectivity index is 0.631. The number of rotatable bonds is 36. The number of hydrogen-bond donors (Lipinski definition) is 7. The van der Waals surface area contributed by atoms with Gasteiger partial charge in [0.1, 0.15) is 28.1 Å². The smallest absolute Gasteiger partial charge is 0.295 e. The van der Waals surface area contributed by atoms with Crippen LogP contribution in [-0.2, 0) is 77.0 Å². The van der Waals surface area contributed by atoms with Crippen molar-refractivity contribution in [1.29, 1.82) is 0 Å². The Morgan fingerprint density at radius 2 is 1.01 bits per heavy atom. The van der Waals surface area contributed by atoms with E-state index in [0.29, 0.717) is 179 Å². The van der Waals surface area contributed by atoms with Crippen molar-refractivity contribution in [2.45, 2.75) is 216 Å². The highest BCUT2D eigenvalue weighted by atomic mass is 32.2. The zero-order chi connectivity index (χ0) is 97.5. The number of fused-ring (bicyclic) bond motifs is 8. The molecule has 7 N–H and O–H groups in total. The summed E-state index contributed by atoms with van der Waals surface area (Å²) >= 11 is 0. The fourth-order valence-electron chi connectivity index (χ4n) is 21.2. The molecule has 4 amide bonds. The Labute approximate surface area is 792 Å². The van der Waals surface area contributed by atoms with Crippen molar-refractivity contribution in [3.63, 3.8) is 0 Å². The standard InChI is InChI=1S/C97H124N14O19S5/c1-12-45-97(11)82(111(51-23-58-131(116,117)118)75-38-36-68-70(87(75)97)25-20-29-78(68)135(128,129)130)33-22-32-81-94(5,6)84-69-24-19-28-77(134(125,126)127)67(69)35-37-74(84)110(81)50-17-15-16-34-83(112)100-65-41-54-106(55-42-65)92-102-91(105-52-39-63(4)40-53-105)103-93(104-92)107-56-43-66(44-57-107)101-90(115)71-26-18-27-73-85(71)95(7,8)79(108(73)48-13-2)30-21-31-80-96(9,10)86-72(89(114)99-47-60-133(122,123)124)61-64(62-76(86)109(80)49-14-3)88(113)98-46-59-132(119,120)121/h18-22,24-33,35-38,61-63,65-66H,12-17,23,34,39-60H2,1-11H3,(H7-2,98,99,100,101,112,113,114,115,116,117,118,119,120,121,122,123,124,125,126,127,128,129,130). The van der Waals surface area contributed by atoms with Gasteiger partial charge in [0.2, 0.25) is 35.1 Å². The summed E-state index contributed by atoms with van der Waals surface area (Å²) in [7, 11) is -23.0. The summed E-state index contributed by atoms with van der Waals surface area (Å²) in [5.74, 6) is -1.51. The van der Waals surface area contributed by atoms with Gasteiger partial charge in [0.15, 0.2) is 11.4 Å². The number of carbonyl (C=O) groups excluding carboxylic acids is 4. The number of nitrogens with zero attached hydrogens (tertiary/aromatic N) is 10. The molecule has 0 saturated carbocycles. The van der Waals surface area contributed by atoms with E-state index >= 15 is 0 Å². The molecule has 33 nitrogen and oxygen atoms in total. The molecule has 14 rings (SSSR count). The highest BCUT2D eigenvalue weighted by Crippen LogP contribution is 2.56. The largest absolute Gasteiger partial charge is 0.748 e. The number of aromatic nitrogens is 3. The summed E-state index contributed by atoms with van der Waals surface area (Å²) in [5.41, 5.74) is 6.78. The molecule has 7 aliphatic heterocycles. The van der Waals surface area contributed by atoms with Crippen LogP contribution in [0, 0.1) is 5.92 Å². The van der Waals surface area contributed by atoms with Gasteiger partial charge < -0.3 is 54.9 Å². The van der Waals surface area contributed by atoms with Crippen molar-refractivity contribution in [3.05, 3.63) is 178 Å². The topological polar surface area (TPSA) is 455 Å². The first kappa shape index (κ1) is 101. The minimum atomic E-state index is -4.89. The van der Waals surface area contributed by atoms with Gasteiger partial charge >= 0.3 is 0 Å². The molecule has 726 valence electrons. The molecule has 0 bridgehead atoms. The van der Waals surface area contributed by atoms with Gasteiger partial charge in [-0.25, -0.2) is 16.8 Å². The second-order valence-corrected chi connectivity index (χ2v) is 45.7. The number of nitrogens with one attached hydrogen (secondary N) is 4. The number of unbranched alkanes of at least 4 members (excludes halogenated alkanes) is 2. The maximum atomic E-state index is 15.0. The van der Waals surface area contributed by atoms with E-state index < -0.39 is 114 Å². The summed E-state index contributed by atoms with van der Waals surface area (Å²) in [6, 6.07) is 24.9. The minimum Gasteiger partial charge on any atom is -0.748 e. The lowest BCUT2D eigenvalue weighted by atomic mass is 9.75. The zero-order valence-corrected chi connectivity index (χ0v) is 82.5. The van der Waals surface area contributed by atoms with Crippen LogP contribution in [0.1, 0.15) is 226 Å². The van der Waals surface area contributed by atoms with Crippen molar-refractivity contribution in [3.8, 4) is 0 Å². The van der Waals surface area contributed by atoms with Crippen LogP contribution in [0.4, 0.5) is 40.6 Å². The van der Waals surface area contributed by atoms with E-state index in [1.165, 1.54) is 18.2 Å². The molecule has 0 spiro atoms. The number of amides is 4. The van der Waals surface area contributed by atoms with E-state index in [1.54, 1.807) is 42.5 Å². The maximum absolute atomic E-state index is 15.0. The number of piperidine rings is 3. The first-order valence-corrected chi connectivity index (χ1v) is 54.3. The van der Waals surface area contributed by atoms with Crippen molar-refractivity contribution in [2.75, 3.05) is 120 Å². The van der Waals surface area contributed by atoms with Gasteiger partial charge in [0.05, 0.1) is 54.2 Å². The summed E-state index contributed by atoms with van der Waals surface area (Å²) in [6.45, 7) is 27.4. The van der Waals surface area contributed by atoms with Gasteiger partial charge in [-0.1, -0.05) is 96.5 Å². The molecule has 1 atom stereocenters. The summed E-state index contributed by atoms with van der Waals surface area (Å²) in [5, 5.41) is 13.6. The van der Waals surface area contributed by atoms with Crippen LogP contribution in [0.5, 0.6) is 0 Å². The van der Waals surface area contributed by atoms with E-state index in [4.69, 9.17) is 15.0 Å². The number of anilines is 5. The van der Waals surface area contributed by atoms with Gasteiger partial charge in [-0.2, -0.15) is 49.4 Å². The van der Waals surface area contributed by atoms with Crippen molar-refractivity contribution >= 4 is 148 Å². The third-order valence-corrected chi connectivity index (χ3v) is 31.7. The maximum Gasteiger partial charge on any atom is 0.295 e. The van der Waals surface area contributed by atoms with Crippen molar-refractivity contribution in [1.82, 2.24) is 36.2 Å². The first-order chi connectivity index (χ1) is 63.7. The minimum absolute atomic E-state index is 0.00188. The molecule has 1 aromatic heterocycles. The van der Waals surface area contributed by atoms with E-state index in [0.717, 1.165) is 83.2 Å². The molecule has 7 aromatic rings. The molecule has 8 heterocycles. The van der Waals surface area contributed by atoms with Gasteiger partial charge in [0.25, 0.3) is 48.1 Å². The third kappa shape index (κ3) is 21.6. The quantitative estimate of drug-likeness (QED) is 0.0109. The number of benzene rings is 6. The van der Waals surface area contributed by atoms with Crippen molar-refractivity contribution < 1.29 is 93.2 Å². The van der Waals surface area contributed by atoms with Crippen LogP contribution >= 0.6 is 0 Å². The molecule has 135 heavy (non-hydrogen) atoms. The van der Waals surface area contributed by atoms with Gasteiger partial charge in [-0.05, 0) is 188 Å². The molecule has 3 fully saturated rings. The fraction of sp³-hybridized carbons (Fsp3) is 0.495. The van der Waals surface area contributed by atoms with Crippen LogP contribution in [0.25, 0.3) is 21.5 Å². The van der Waals surface area contributed by atoms with Gasteiger partial charge in [-0.3, -0.25) is 32.8 Å². The Morgan fingerprint density at radius 3 is 1.59 bits per heavy atom. The lowest BCUT2D eigenvalue weighted by molar-refractivity contribution is -0.438. The third-order valence-electron chi connectivity index (χ3n) is 27.6. The Bertz CT molecular complexity index is 6650. The lowest BCUT2D eigenvalue weighted by Gasteiger charge is -2.36. The SMILES string of the molecule is CCCN1/C(=C/C=C/C2=[N+](CCC)c3cccc(C(=O)NC4CCN(c5nc(N6CCC(C)CC6)nc(N6CCC(NC(=O)CCCCC[N+]7=C(/C=C/C=C8/N(CCCS(=O)(=O)O)c9ccc%10c(S(=O)(=O)[O-])cccc%10c9C8(C)CCC)C(C)(C)c8c7ccc7c(S(=O)(=O)O)cccc87)CC6)n5)CC4)c3C2(C)C)C(C)(C)c2c(C(=O)NCCS(=O)(=O)[O-])cc(C(=O)NCCS(=O)(=O)O)cc21. The molecule has 6 aromatic carbocycles. The molecule has 1 unspecified atom stereocenters. The van der Waals surface area contributed by atoms with E-state index in [9.17, 15) is 84.0 Å². The molecular weight excluding hydrogens is 1830 g/mol. The number of allylic oxidation sites excluding steroid dienone is 8. The van der Waals surface area contributed by atoms with Crippen LogP contribution in [0.15, 0.2) is 149 Å². The lowest BCUT2D eigenvalue weighted by Crippen LogP contribution is -2.46. The molecule has 0 aliphatic carbocycles. The Hall–Kier alpha value is -10.4. The summed E-state index contributed by atoms with van der Waals surface area (Å²) in [4.78, 5) is 82.4. The molecule has 7 aliphatic rings. The van der Waals surface area contributed by atoms with Gasteiger partial charge in [0, 0.05) is 182 Å². The monoisotopic (exact) mass is 1950 g/mol. The number of hydrogen-bond acceptors (Lipinski definition) is 24. The van der Waals surface area contributed by atoms with E-state index in [1.807, 2.05) is 104 Å². The van der Waals surface area contributed by atoms with Crippen LogP contribution in [0.3, 0.4) is 0 Å². The Morgan fingerprint density at radius 1 is 0.489 bits per heavy atom. The predicted octanol–water partition coefficient (Wildman–Crippen LogP) is 12.3. The molecule has 38 heteroatoms. The van der Waals surface area contributed by atoms with E-state index in [-0.39, 0.29) is 63.2 Å². The summed E-state index contributed by atoms with van der Waals surface area (Å²) in [6.07, 6.45) is 21.4. The van der Waals surface area contributed by atoms with Crippen molar-refractivity contribution in [2.24, 2.45) is 5.92 Å². The zero-order valence-electron chi connectivity index (χ0n) is 78.5. The second-order valence-electron chi connectivity index (χ2n) is 38.3. The Kier molecular flexibility index (Phi) is 29.7. The van der Waals surface area contributed by atoms with Gasteiger partial charge in [-0.15, -0.1) is 0 Å². The average molecular weight is 1950 g/mol. The molecular formula is C97H124N14O19S5. The van der Waals surface area contributed by atoms with E-state index in [2.05, 4.69) is 93.6 Å². The van der Waals surface area contributed by atoms with Crippen LogP contribution in [0.2, 0.25) is 0 Å². The average Bonchev–Trinajstić information content (AvgIpc) is 1.58. The summed E-state index contributed by atoms with van der Waals surface area (Å²) < 4.78 is 180. The predicted molar refractivity (Wildman–Crippen MR) is 521 cm³/mol.